The van der Waals surface area contributed by atoms with Crippen LogP contribution in [-0.4, -0.2) is 17.6 Å². The third-order valence-electron chi connectivity index (χ3n) is 2.49. The molecular formula is C13H10N2O3. The fourth-order valence-electron chi connectivity index (χ4n) is 1.64. The first-order valence-corrected chi connectivity index (χ1v) is 5.37. The molecule has 0 spiro atoms. The fourth-order valence-corrected chi connectivity index (χ4v) is 1.64. The van der Waals surface area contributed by atoms with Gasteiger partial charge in [0.2, 0.25) is 5.43 Å². The summed E-state index contributed by atoms with van der Waals surface area (Å²) >= 11 is 0. The Kier molecular flexibility index (Phi) is 3.11. The molecule has 90 valence electrons. The first-order chi connectivity index (χ1) is 8.67. The van der Waals surface area contributed by atoms with Gasteiger partial charge in [0.1, 0.15) is 5.56 Å². The minimum absolute atomic E-state index is 0.0496. The number of esters is 1. The monoisotopic (exact) mass is 242 g/mol. The van der Waals surface area contributed by atoms with Crippen LogP contribution in [0.15, 0.2) is 29.2 Å². The van der Waals surface area contributed by atoms with E-state index < -0.39 is 11.4 Å². The van der Waals surface area contributed by atoms with Crippen molar-refractivity contribution in [2.24, 2.45) is 0 Å². The van der Waals surface area contributed by atoms with Crippen molar-refractivity contribution in [2.75, 3.05) is 6.61 Å². The third-order valence-corrected chi connectivity index (χ3v) is 2.49. The Labute approximate surface area is 103 Å². The van der Waals surface area contributed by atoms with Crippen LogP contribution in [-0.2, 0) is 4.74 Å². The van der Waals surface area contributed by atoms with Gasteiger partial charge in [-0.3, -0.25) is 4.79 Å². The van der Waals surface area contributed by atoms with Crippen molar-refractivity contribution in [3.8, 4) is 0 Å². The quantitative estimate of drug-likeness (QED) is 0.649. The summed E-state index contributed by atoms with van der Waals surface area (Å²) in [4.78, 5) is 29.8. The van der Waals surface area contributed by atoms with E-state index >= 15 is 0 Å². The number of benzene rings is 1. The maximum atomic E-state index is 12.1. The number of aromatic amines is 1. The average molecular weight is 242 g/mol. The minimum atomic E-state index is -0.658. The van der Waals surface area contributed by atoms with E-state index in [0.29, 0.717) is 16.6 Å². The number of rotatable bonds is 2. The lowest BCUT2D eigenvalue weighted by atomic mass is 10.1. The Balaban J connectivity index is 2.67. The number of carbonyl (C=O) groups is 1. The summed E-state index contributed by atoms with van der Waals surface area (Å²) in [5.74, 6) is -0.658. The average Bonchev–Trinajstić information content (AvgIpc) is 2.39. The molecule has 0 aliphatic rings. The molecule has 5 heteroatoms. The van der Waals surface area contributed by atoms with Gasteiger partial charge in [0, 0.05) is 17.1 Å². The van der Waals surface area contributed by atoms with E-state index in [1.165, 1.54) is 12.3 Å². The molecule has 1 N–H and O–H groups in total. The summed E-state index contributed by atoms with van der Waals surface area (Å²) in [5.41, 5.74) is 0.466. The van der Waals surface area contributed by atoms with Gasteiger partial charge in [0.25, 0.3) is 0 Å². The largest absolute Gasteiger partial charge is 0.462 e. The van der Waals surface area contributed by atoms with Crippen molar-refractivity contribution in [1.29, 1.82) is 0 Å². The Hall–Kier alpha value is -2.61. The normalized spacial score (nSPS) is 10.0. The predicted octanol–water partition coefficient (Wildman–Crippen LogP) is 2.26. The van der Waals surface area contributed by atoms with Gasteiger partial charge in [-0.2, -0.15) is 0 Å². The van der Waals surface area contributed by atoms with Crippen LogP contribution >= 0.6 is 0 Å². The molecule has 0 amide bonds. The summed E-state index contributed by atoms with van der Waals surface area (Å²) in [7, 11) is 0. The summed E-state index contributed by atoms with van der Waals surface area (Å²) < 4.78 is 4.79. The van der Waals surface area contributed by atoms with E-state index in [-0.39, 0.29) is 12.2 Å². The van der Waals surface area contributed by atoms with E-state index in [0.717, 1.165) is 0 Å². The number of carbonyl (C=O) groups excluding carboxylic acids is 1. The SMILES string of the molecule is [C-]#[N+]c1ccc2[nH]cc(C(=O)OCC)c(=O)c2c1. The molecule has 0 atom stereocenters. The topological polar surface area (TPSA) is 63.5 Å². The molecule has 1 heterocycles. The lowest BCUT2D eigenvalue weighted by Crippen LogP contribution is -2.18. The molecule has 0 unspecified atom stereocenters. The number of ether oxygens (including phenoxy) is 1. The molecule has 5 nitrogen and oxygen atoms in total. The van der Waals surface area contributed by atoms with Crippen molar-refractivity contribution in [2.45, 2.75) is 6.92 Å². The number of aromatic nitrogens is 1. The Bertz CT molecular complexity index is 710. The lowest BCUT2D eigenvalue weighted by molar-refractivity contribution is 0.0524. The molecule has 0 saturated carbocycles. The zero-order valence-corrected chi connectivity index (χ0v) is 9.69. The Morgan fingerprint density at radius 2 is 2.28 bits per heavy atom. The summed E-state index contributed by atoms with van der Waals surface area (Å²) in [6.45, 7) is 8.79. The third kappa shape index (κ3) is 1.96. The highest BCUT2D eigenvalue weighted by Crippen LogP contribution is 2.17. The summed E-state index contributed by atoms with van der Waals surface area (Å²) in [6, 6.07) is 4.71. The molecule has 1 aromatic carbocycles. The van der Waals surface area contributed by atoms with Crippen LogP contribution in [0.4, 0.5) is 5.69 Å². The van der Waals surface area contributed by atoms with E-state index in [2.05, 4.69) is 9.83 Å². The van der Waals surface area contributed by atoms with Gasteiger partial charge < -0.3 is 9.72 Å². The predicted molar refractivity (Wildman–Crippen MR) is 66.8 cm³/mol. The number of nitrogens with one attached hydrogen (secondary N) is 1. The fraction of sp³-hybridized carbons (Fsp3) is 0.154. The highest BCUT2D eigenvalue weighted by atomic mass is 16.5. The minimum Gasteiger partial charge on any atom is -0.462 e. The molecule has 0 aliphatic heterocycles. The van der Waals surface area contributed by atoms with Crippen LogP contribution in [0.5, 0.6) is 0 Å². The van der Waals surface area contributed by atoms with E-state index in [9.17, 15) is 9.59 Å². The molecule has 0 fully saturated rings. The van der Waals surface area contributed by atoms with Gasteiger partial charge >= 0.3 is 5.97 Å². The second-order valence-corrected chi connectivity index (χ2v) is 3.59. The molecular weight excluding hydrogens is 232 g/mol. The molecule has 2 rings (SSSR count). The highest BCUT2D eigenvalue weighted by Gasteiger charge is 2.13. The van der Waals surface area contributed by atoms with Gasteiger partial charge in [0.05, 0.1) is 13.2 Å². The Morgan fingerprint density at radius 3 is 2.94 bits per heavy atom. The van der Waals surface area contributed by atoms with Gasteiger partial charge in [-0.15, -0.1) is 0 Å². The second kappa shape index (κ2) is 4.72. The number of fused-ring (bicyclic) bond motifs is 1. The van der Waals surface area contributed by atoms with Crippen LogP contribution in [0, 0.1) is 6.57 Å². The van der Waals surface area contributed by atoms with Crippen LogP contribution in [0.3, 0.4) is 0 Å². The smallest absolute Gasteiger partial charge is 0.343 e. The summed E-state index contributed by atoms with van der Waals surface area (Å²) in [6.07, 6.45) is 1.33. The number of hydrogen-bond acceptors (Lipinski definition) is 3. The zero-order chi connectivity index (χ0) is 13.1. The molecule has 0 saturated heterocycles. The van der Waals surface area contributed by atoms with Crippen molar-refractivity contribution in [3.63, 3.8) is 0 Å². The van der Waals surface area contributed by atoms with Gasteiger partial charge in [-0.1, -0.05) is 6.07 Å². The standard InChI is InChI=1S/C13H10N2O3/c1-3-18-13(17)10-7-15-11-5-4-8(14-2)6-9(11)12(10)16/h4-7H,3H2,1H3,(H,15,16). The van der Waals surface area contributed by atoms with Crippen molar-refractivity contribution >= 4 is 22.6 Å². The Morgan fingerprint density at radius 1 is 1.50 bits per heavy atom. The number of nitrogens with zero attached hydrogens (tertiary/aromatic N) is 1. The number of pyridine rings is 1. The van der Waals surface area contributed by atoms with Gasteiger partial charge in [-0.05, 0) is 19.1 Å². The second-order valence-electron chi connectivity index (χ2n) is 3.59. The molecule has 1 aromatic heterocycles. The van der Waals surface area contributed by atoms with E-state index in [1.807, 2.05) is 0 Å². The lowest BCUT2D eigenvalue weighted by Gasteiger charge is -2.03. The van der Waals surface area contributed by atoms with Crippen molar-refractivity contribution in [1.82, 2.24) is 4.98 Å². The maximum absolute atomic E-state index is 12.1. The van der Waals surface area contributed by atoms with E-state index in [4.69, 9.17) is 11.3 Å². The van der Waals surface area contributed by atoms with Crippen molar-refractivity contribution in [3.05, 3.63) is 51.6 Å². The molecule has 0 aliphatic carbocycles. The van der Waals surface area contributed by atoms with Gasteiger partial charge in [-0.25, -0.2) is 9.64 Å². The molecule has 0 bridgehead atoms. The van der Waals surface area contributed by atoms with E-state index in [1.54, 1.807) is 19.1 Å². The first-order valence-electron chi connectivity index (χ1n) is 5.37. The van der Waals surface area contributed by atoms with Gasteiger partial charge in [0.15, 0.2) is 5.69 Å². The first kappa shape index (κ1) is 11.9. The van der Waals surface area contributed by atoms with Crippen LogP contribution < -0.4 is 5.43 Å². The number of H-pyrrole nitrogens is 1. The molecule has 18 heavy (non-hydrogen) atoms. The molecule has 0 radical (unpaired) electrons. The van der Waals surface area contributed by atoms with Crippen molar-refractivity contribution < 1.29 is 9.53 Å². The molecule has 2 aromatic rings. The summed E-state index contributed by atoms with van der Waals surface area (Å²) in [5, 5.41) is 0.314. The highest BCUT2D eigenvalue weighted by molar-refractivity contribution is 5.94. The van der Waals surface area contributed by atoms with Crippen LogP contribution in [0.1, 0.15) is 17.3 Å². The zero-order valence-electron chi connectivity index (χ0n) is 9.69. The maximum Gasteiger partial charge on any atom is 0.343 e. The van der Waals surface area contributed by atoms with Crippen LogP contribution in [0.25, 0.3) is 15.7 Å². The van der Waals surface area contributed by atoms with Crippen LogP contribution in [0.2, 0.25) is 0 Å². The number of hydrogen-bond donors (Lipinski definition) is 1.